The number of Topliss-reactive ketones (excluding diaryl/α,β-unsaturated/α-hetero) is 1. The van der Waals surface area contributed by atoms with Gasteiger partial charge in [-0.25, -0.2) is 4.98 Å². The third kappa shape index (κ3) is 2.04. The van der Waals surface area contributed by atoms with Gasteiger partial charge in [-0.1, -0.05) is 0 Å². The minimum Gasteiger partial charge on any atom is -0.383 e. The zero-order chi connectivity index (χ0) is 11.9. The Morgan fingerprint density at radius 1 is 1.12 bits per heavy atom. The van der Waals surface area contributed by atoms with Crippen LogP contribution in [0.15, 0.2) is 0 Å². The number of rotatable bonds is 1. The van der Waals surface area contributed by atoms with E-state index in [1.165, 1.54) is 23.4 Å². The van der Waals surface area contributed by atoms with E-state index in [9.17, 15) is 9.90 Å². The number of fused-ring (bicyclic) bond motifs is 1. The van der Waals surface area contributed by atoms with Crippen molar-refractivity contribution in [1.82, 2.24) is 4.98 Å². The maximum atomic E-state index is 11.2. The van der Waals surface area contributed by atoms with Gasteiger partial charge in [-0.05, 0) is 38.5 Å². The summed E-state index contributed by atoms with van der Waals surface area (Å²) < 4.78 is 0. The molecule has 17 heavy (non-hydrogen) atoms. The maximum Gasteiger partial charge on any atom is 0.133 e. The van der Waals surface area contributed by atoms with Crippen molar-refractivity contribution in [3.63, 3.8) is 0 Å². The molecule has 0 unspecified atom stereocenters. The van der Waals surface area contributed by atoms with Crippen LogP contribution in [0.3, 0.4) is 0 Å². The molecule has 3 nitrogen and oxygen atoms in total. The molecule has 1 N–H and O–H groups in total. The standard InChI is InChI=1S/C13H17NO2S/c15-9-5-7-13(16,8-6-9)12-14-10-3-1-2-4-11(10)17-12/h16H,1-8H2. The number of nitrogens with zero attached hydrogens (tertiary/aromatic N) is 1. The Morgan fingerprint density at radius 3 is 2.53 bits per heavy atom. The Labute approximate surface area is 105 Å². The number of carbonyl (C=O) groups excluding carboxylic acids is 1. The molecule has 3 rings (SSSR count). The summed E-state index contributed by atoms with van der Waals surface area (Å²) >= 11 is 1.67. The first kappa shape index (κ1) is 11.4. The fourth-order valence-corrected chi connectivity index (χ4v) is 4.00. The van der Waals surface area contributed by atoms with E-state index in [0.29, 0.717) is 25.7 Å². The molecule has 0 saturated heterocycles. The smallest absolute Gasteiger partial charge is 0.133 e. The summed E-state index contributed by atoms with van der Waals surface area (Å²) in [6.07, 6.45) is 6.74. The Balaban J connectivity index is 1.88. The Kier molecular flexibility index (Phi) is 2.79. The lowest BCUT2D eigenvalue weighted by Gasteiger charge is -2.29. The van der Waals surface area contributed by atoms with Gasteiger partial charge in [0.05, 0.1) is 5.69 Å². The number of aryl methyl sites for hydroxylation is 2. The predicted molar refractivity (Wildman–Crippen MR) is 66.1 cm³/mol. The zero-order valence-electron chi connectivity index (χ0n) is 9.87. The summed E-state index contributed by atoms with van der Waals surface area (Å²) in [5.74, 6) is 0.274. The van der Waals surface area contributed by atoms with Crippen LogP contribution in [0.1, 0.15) is 54.1 Å². The quantitative estimate of drug-likeness (QED) is 0.833. The first-order valence-corrected chi connectivity index (χ1v) is 7.22. The summed E-state index contributed by atoms with van der Waals surface area (Å²) in [5, 5.41) is 11.5. The van der Waals surface area contributed by atoms with Gasteiger partial charge in [0.15, 0.2) is 0 Å². The average molecular weight is 251 g/mol. The molecule has 0 bridgehead atoms. The molecule has 1 aromatic rings. The van der Waals surface area contributed by atoms with Crippen molar-refractivity contribution in [2.24, 2.45) is 0 Å². The Bertz CT molecular complexity index is 419. The van der Waals surface area contributed by atoms with Crippen LogP contribution in [-0.4, -0.2) is 15.9 Å². The third-order valence-corrected chi connectivity index (χ3v) is 5.23. The van der Waals surface area contributed by atoms with Gasteiger partial charge >= 0.3 is 0 Å². The van der Waals surface area contributed by atoms with E-state index < -0.39 is 5.60 Å². The lowest BCUT2D eigenvalue weighted by Crippen LogP contribution is -2.31. The maximum absolute atomic E-state index is 11.2. The van der Waals surface area contributed by atoms with Crippen LogP contribution in [0.25, 0.3) is 0 Å². The van der Waals surface area contributed by atoms with Crippen molar-refractivity contribution in [2.75, 3.05) is 0 Å². The van der Waals surface area contributed by atoms with Crippen molar-refractivity contribution >= 4 is 17.1 Å². The highest BCUT2D eigenvalue weighted by Crippen LogP contribution is 2.40. The van der Waals surface area contributed by atoms with Crippen LogP contribution in [0.4, 0.5) is 0 Å². The molecule has 92 valence electrons. The molecule has 1 aromatic heterocycles. The largest absolute Gasteiger partial charge is 0.383 e. The van der Waals surface area contributed by atoms with Crippen LogP contribution in [0, 0.1) is 0 Å². The van der Waals surface area contributed by atoms with Gasteiger partial charge in [0, 0.05) is 17.7 Å². The number of ketones is 1. The van der Waals surface area contributed by atoms with E-state index in [4.69, 9.17) is 0 Å². The normalized spacial score (nSPS) is 23.5. The van der Waals surface area contributed by atoms with Gasteiger partial charge in [-0.15, -0.1) is 11.3 Å². The third-order valence-electron chi connectivity index (χ3n) is 3.88. The minimum atomic E-state index is -0.823. The van der Waals surface area contributed by atoms with E-state index in [1.807, 2.05) is 0 Å². The number of aromatic nitrogens is 1. The fraction of sp³-hybridized carbons (Fsp3) is 0.692. The molecule has 2 aliphatic rings. The number of aliphatic hydroxyl groups is 1. The number of hydrogen-bond acceptors (Lipinski definition) is 4. The Hall–Kier alpha value is -0.740. The van der Waals surface area contributed by atoms with Gasteiger partial charge in [0.2, 0.25) is 0 Å². The molecule has 1 fully saturated rings. The van der Waals surface area contributed by atoms with Crippen LogP contribution < -0.4 is 0 Å². The lowest BCUT2D eigenvalue weighted by molar-refractivity contribution is -0.125. The van der Waals surface area contributed by atoms with Crippen molar-refractivity contribution in [1.29, 1.82) is 0 Å². The predicted octanol–water partition coefficient (Wildman–Crippen LogP) is 2.35. The van der Waals surface area contributed by atoms with Gasteiger partial charge in [0.25, 0.3) is 0 Å². The zero-order valence-corrected chi connectivity index (χ0v) is 10.7. The lowest BCUT2D eigenvalue weighted by atomic mass is 9.84. The van der Waals surface area contributed by atoms with Crippen molar-refractivity contribution in [3.05, 3.63) is 15.6 Å². The van der Waals surface area contributed by atoms with Crippen LogP contribution in [-0.2, 0) is 23.2 Å². The van der Waals surface area contributed by atoms with Gasteiger partial charge in [0.1, 0.15) is 16.4 Å². The molecule has 0 radical (unpaired) electrons. The number of carbonyl (C=O) groups is 1. The van der Waals surface area contributed by atoms with Crippen molar-refractivity contribution in [2.45, 2.75) is 57.0 Å². The second kappa shape index (κ2) is 4.18. The van der Waals surface area contributed by atoms with Crippen LogP contribution >= 0.6 is 11.3 Å². The van der Waals surface area contributed by atoms with Crippen LogP contribution in [0.5, 0.6) is 0 Å². The highest BCUT2D eigenvalue weighted by molar-refractivity contribution is 7.11. The summed E-state index contributed by atoms with van der Waals surface area (Å²) in [6.45, 7) is 0. The first-order valence-electron chi connectivity index (χ1n) is 6.40. The molecular formula is C13H17NO2S. The monoisotopic (exact) mass is 251 g/mol. The topological polar surface area (TPSA) is 50.2 Å². The van der Waals surface area contributed by atoms with Crippen molar-refractivity contribution in [3.8, 4) is 0 Å². The average Bonchev–Trinajstić information content (AvgIpc) is 2.77. The molecule has 0 aliphatic heterocycles. The SMILES string of the molecule is O=C1CCC(O)(c2nc3c(s2)CCCC3)CC1. The molecule has 0 atom stereocenters. The number of hydrogen-bond donors (Lipinski definition) is 1. The van der Waals surface area contributed by atoms with Gasteiger partial charge in [-0.3, -0.25) is 4.79 Å². The highest BCUT2D eigenvalue weighted by Gasteiger charge is 2.37. The molecular weight excluding hydrogens is 234 g/mol. The van der Waals surface area contributed by atoms with Gasteiger partial charge in [-0.2, -0.15) is 0 Å². The minimum absolute atomic E-state index is 0.274. The van der Waals surface area contributed by atoms with E-state index in [1.54, 1.807) is 11.3 Å². The number of thiazole rings is 1. The molecule has 0 spiro atoms. The first-order chi connectivity index (χ1) is 8.17. The summed E-state index contributed by atoms with van der Waals surface area (Å²) in [5.41, 5.74) is 0.372. The molecule has 4 heteroatoms. The molecule has 0 aromatic carbocycles. The molecule has 1 heterocycles. The summed E-state index contributed by atoms with van der Waals surface area (Å²) in [7, 11) is 0. The summed E-state index contributed by atoms with van der Waals surface area (Å²) in [4.78, 5) is 17.2. The second-order valence-corrected chi connectivity index (χ2v) is 6.25. The van der Waals surface area contributed by atoms with E-state index in [-0.39, 0.29) is 5.78 Å². The van der Waals surface area contributed by atoms with E-state index in [0.717, 1.165) is 17.8 Å². The van der Waals surface area contributed by atoms with Crippen LogP contribution in [0.2, 0.25) is 0 Å². The summed E-state index contributed by atoms with van der Waals surface area (Å²) in [6, 6.07) is 0. The molecule has 1 saturated carbocycles. The molecule has 2 aliphatic carbocycles. The second-order valence-electron chi connectivity index (χ2n) is 5.17. The highest BCUT2D eigenvalue weighted by atomic mass is 32.1. The fourth-order valence-electron chi connectivity index (χ4n) is 2.71. The molecule has 0 amide bonds. The van der Waals surface area contributed by atoms with Gasteiger partial charge < -0.3 is 5.11 Å². The van der Waals surface area contributed by atoms with E-state index >= 15 is 0 Å². The Morgan fingerprint density at radius 2 is 1.82 bits per heavy atom. The van der Waals surface area contributed by atoms with Crippen molar-refractivity contribution < 1.29 is 9.90 Å². The van der Waals surface area contributed by atoms with E-state index in [2.05, 4.69) is 4.98 Å².